The Morgan fingerprint density at radius 3 is 2.76 bits per heavy atom. The Balaban J connectivity index is 2.34. The third-order valence-electron chi connectivity index (χ3n) is 3.62. The zero-order valence-corrected chi connectivity index (χ0v) is 13.4. The Labute approximate surface area is 128 Å². The van der Waals surface area contributed by atoms with Gasteiger partial charge in [0.15, 0.2) is 0 Å². The number of nitrogens with zero attached hydrogens (tertiary/aromatic N) is 3. The smallest absolute Gasteiger partial charge is 0.327 e. The van der Waals surface area contributed by atoms with Crippen molar-refractivity contribution >= 4 is 23.6 Å². The molecule has 0 spiro atoms. The number of carbonyl (C=O) groups is 2. The highest BCUT2D eigenvalue weighted by molar-refractivity contribution is 8.00. The van der Waals surface area contributed by atoms with E-state index < -0.39 is 12.0 Å². The number of hydrogen-bond donors (Lipinski definition) is 1. The summed E-state index contributed by atoms with van der Waals surface area (Å²) in [5.41, 5.74) is 1.24. The lowest BCUT2D eigenvalue weighted by Crippen LogP contribution is -2.45. The van der Waals surface area contributed by atoms with Gasteiger partial charge in [0.05, 0.1) is 16.6 Å². The molecule has 0 aromatic carbocycles. The molecule has 1 aliphatic rings. The van der Waals surface area contributed by atoms with Crippen molar-refractivity contribution in [3.63, 3.8) is 0 Å². The monoisotopic (exact) mass is 311 g/mol. The molecule has 1 amide bonds. The highest BCUT2D eigenvalue weighted by atomic mass is 32.2. The molecule has 1 aromatic heterocycles. The quantitative estimate of drug-likeness (QED) is 0.896. The standard InChI is InChI=1S/C14H21N3O3S/c1-4-6-12-17(11(8-21-12)14(19)20)13(18)9-7-16(3)15-10(9)5-2/h7,11-12H,4-6,8H2,1-3H3,(H,19,20). The molecular formula is C14H21N3O3S. The van der Waals surface area contributed by atoms with Crippen LogP contribution in [0.1, 0.15) is 42.7 Å². The van der Waals surface area contributed by atoms with Crippen LogP contribution in [0.25, 0.3) is 0 Å². The highest BCUT2D eigenvalue weighted by Crippen LogP contribution is 2.34. The topological polar surface area (TPSA) is 75.4 Å². The summed E-state index contributed by atoms with van der Waals surface area (Å²) in [6.45, 7) is 3.98. The van der Waals surface area contributed by atoms with Crippen molar-refractivity contribution in [1.29, 1.82) is 0 Å². The molecule has 116 valence electrons. The Bertz CT molecular complexity index is 544. The third-order valence-corrected chi connectivity index (χ3v) is 4.97. The molecule has 0 radical (unpaired) electrons. The van der Waals surface area contributed by atoms with Crippen LogP contribution >= 0.6 is 11.8 Å². The van der Waals surface area contributed by atoms with E-state index >= 15 is 0 Å². The van der Waals surface area contributed by atoms with Gasteiger partial charge in [-0.2, -0.15) is 5.10 Å². The predicted molar refractivity (Wildman–Crippen MR) is 81.3 cm³/mol. The number of amides is 1. The van der Waals surface area contributed by atoms with Crippen LogP contribution in [0.5, 0.6) is 0 Å². The second-order valence-electron chi connectivity index (χ2n) is 5.16. The summed E-state index contributed by atoms with van der Waals surface area (Å²) >= 11 is 1.55. The lowest BCUT2D eigenvalue weighted by Gasteiger charge is -2.27. The van der Waals surface area contributed by atoms with Crippen molar-refractivity contribution in [2.24, 2.45) is 7.05 Å². The summed E-state index contributed by atoms with van der Waals surface area (Å²) in [5.74, 6) is -0.694. The van der Waals surface area contributed by atoms with Crippen molar-refractivity contribution < 1.29 is 14.7 Å². The van der Waals surface area contributed by atoms with Crippen molar-refractivity contribution in [3.8, 4) is 0 Å². The van der Waals surface area contributed by atoms with Crippen molar-refractivity contribution in [2.75, 3.05) is 5.75 Å². The summed E-state index contributed by atoms with van der Waals surface area (Å²) in [4.78, 5) is 25.8. The Morgan fingerprint density at radius 2 is 2.19 bits per heavy atom. The molecule has 0 aliphatic carbocycles. The largest absolute Gasteiger partial charge is 0.480 e. The number of thioether (sulfide) groups is 1. The number of aromatic nitrogens is 2. The maximum Gasteiger partial charge on any atom is 0.327 e. The number of carboxylic acids is 1. The first-order valence-electron chi connectivity index (χ1n) is 7.19. The van der Waals surface area contributed by atoms with Crippen LogP contribution in [0, 0.1) is 0 Å². The van der Waals surface area contributed by atoms with Gasteiger partial charge in [-0.05, 0) is 12.8 Å². The van der Waals surface area contributed by atoms with E-state index in [4.69, 9.17) is 0 Å². The first-order chi connectivity index (χ1) is 9.99. The fraction of sp³-hybridized carbons (Fsp3) is 0.643. The van der Waals surface area contributed by atoms with Crippen molar-refractivity contribution in [1.82, 2.24) is 14.7 Å². The van der Waals surface area contributed by atoms with Crippen LogP contribution in [-0.2, 0) is 18.3 Å². The molecule has 0 saturated carbocycles. The fourth-order valence-electron chi connectivity index (χ4n) is 2.61. The number of hydrogen-bond acceptors (Lipinski definition) is 4. The average Bonchev–Trinajstić information content (AvgIpc) is 3.02. The van der Waals surface area contributed by atoms with Crippen LogP contribution in [-0.4, -0.2) is 48.8 Å². The Hall–Kier alpha value is -1.50. The molecule has 2 heterocycles. The molecule has 1 aliphatic heterocycles. The lowest BCUT2D eigenvalue weighted by atomic mass is 10.1. The van der Waals surface area contributed by atoms with Gasteiger partial charge in [0, 0.05) is 19.0 Å². The van der Waals surface area contributed by atoms with Crippen molar-refractivity contribution in [3.05, 3.63) is 17.5 Å². The van der Waals surface area contributed by atoms with E-state index in [1.54, 1.807) is 29.7 Å². The number of rotatable bonds is 5. The summed E-state index contributed by atoms with van der Waals surface area (Å²) in [6, 6.07) is -0.746. The SMILES string of the molecule is CCCC1SCC(C(=O)O)N1C(=O)c1cn(C)nc1CC. The average molecular weight is 311 g/mol. The third kappa shape index (κ3) is 3.07. The minimum atomic E-state index is -0.934. The van der Waals surface area contributed by atoms with Gasteiger partial charge >= 0.3 is 5.97 Å². The molecule has 1 saturated heterocycles. The molecule has 0 bridgehead atoms. The van der Waals surface area contributed by atoms with E-state index in [1.807, 2.05) is 13.8 Å². The van der Waals surface area contributed by atoms with Gasteiger partial charge in [-0.15, -0.1) is 11.8 Å². The molecular weight excluding hydrogens is 290 g/mol. The highest BCUT2D eigenvalue weighted by Gasteiger charge is 2.42. The van der Waals surface area contributed by atoms with Gasteiger partial charge in [-0.25, -0.2) is 4.79 Å². The number of carboxylic acid groups (broad SMARTS) is 1. The first kappa shape index (κ1) is 15.9. The molecule has 2 unspecified atom stereocenters. The van der Waals surface area contributed by atoms with Gasteiger partial charge in [0.2, 0.25) is 0 Å². The Morgan fingerprint density at radius 1 is 1.48 bits per heavy atom. The Kier molecular flexibility index (Phi) is 4.92. The predicted octanol–water partition coefficient (Wildman–Crippen LogP) is 1.75. The van der Waals surface area contributed by atoms with Crippen LogP contribution in [0.2, 0.25) is 0 Å². The van der Waals surface area contributed by atoms with Gasteiger partial charge in [0.25, 0.3) is 5.91 Å². The van der Waals surface area contributed by atoms with E-state index in [2.05, 4.69) is 5.10 Å². The number of aryl methyl sites for hydroxylation is 2. The molecule has 2 rings (SSSR count). The fourth-order valence-corrected chi connectivity index (χ4v) is 4.12. The molecule has 6 nitrogen and oxygen atoms in total. The molecule has 21 heavy (non-hydrogen) atoms. The molecule has 7 heteroatoms. The van der Waals surface area contributed by atoms with Gasteiger partial charge in [-0.1, -0.05) is 20.3 Å². The molecule has 2 atom stereocenters. The van der Waals surface area contributed by atoms with E-state index in [-0.39, 0.29) is 11.3 Å². The van der Waals surface area contributed by atoms with Gasteiger partial charge in [0.1, 0.15) is 6.04 Å². The van der Waals surface area contributed by atoms with Crippen LogP contribution in [0.15, 0.2) is 6.20 Å². The normalized spacial score (nSPS) is 21.8. The van der Waals surface area contributed by atoms with E-state index in [1.165, 1.54) is 4.90 Å². The maximum atomic E-state index is 12.8. The van der Waals surface area contributed by atoms with Gasteiger partial charge in [-0.3, -0.25) is 9.48 Å². The second kappa shape index (κ2) is 6.51. The van der Waals surface area contributed by atoms with Crippen LogP contribution < -0.4 is 0 Å². The number of aliphatic carboxylic acids is 1. The minimum absolute atomic E-state index is 0.0616. The van der Waals surface area contributed by atoms with Crippen molar-refractivity contribution in [2.45, 2.75) is 44.5 Å². The zero-order chi connectivity index (χ0) is 15.6. The summed E-state index contributed by atoms with van der Waals surface area (Å²) in [7, 11) is 1.77. The molecule has 1 N–H and O–H groups in total. The summed E-state index contributed by atoms with van der Waals surface area (Å²) in [5, 5.41) is 13.6. The lowest BCUT2D eigenvalue weighted by molar-refractivity contribution is -0.141. The summed E-state index contributed by atoms with van der Waals surface area (Å²) < 4.78 is 1.61. The van der Waals surface area contributed by atoms with E-state index in [0.717, 1.165) is 18.5 Å². The van der Waals surface area contributed by atoms with E-state index in [9.17, 15) is 14.7 Å². The number of carbonyl (C=O) groups excluding carboxylic acids is 1. The zero-order valence-electron chi connectivity index (χ0n) is 12.6. The van der Waals surface area contributed by atoms with Crippen LogP contribution in [0.3, 0.4) is 0 Å². The van der Waals surface area contributed by atoms with Crippen LogP contribution in [0.4, 0.5) is 0 Å². The first-order valence-corrected chi connectivity index (χ1v) is 8.24. The maximum absolute atomic E-state index is 12.8. The molecule has 1 aromatic rings. The van der Waals surface area contributed by atoms with E-state index in [0.29, 0.717) is 17.7 Å². The minimum Gasteiger partial charge on any atom is -0.480 e. The second-order valence-corrected chi connectivity index (χ2v) is 6.37. The van der Waals surface area contributed by atoms with Gasteiger partial charge < -0.3 is 10.0 Å². The molecule has 1 fully saturated rings. The summed E-state index contributed by atoms with van der Waals surface area (Å²) in [6.07, 6.45) is 4.06.